The molecule has 2 nitrogen and oxygen atoms in total. The Labute approximate surface area is 130 Å². The monoisotopic (exact) mass is 306 g/mol. The van der Waals surface area contributed by atoms with Crippen LogP contribution in [0.15, 0.2) is 23.6 Å². The predicted molar refractivity (Wildman–Crippen MR) is 87.5 cm³/mol. The van der Waals surface area contributed by atoms with Crippen LogP contribution in [0.3, 0.4) is 0 Å². The highest BCUT2D eigenvalue weighted by Gasteiger charge is 2.21. The zero-order valence-electron chi connectivity index (χ0n) is 13.1. The predicted octanol–water partition coefficient (Wildman–Crippen LogP) is 4.80. The van der Waals surface area contributed by atoms with Gasteiger partial charge < -0.3 is 5.32 Å². The lowest BCUT2D eigenvalue weighted by Gasteiger charge is -2.18. The molecule has 1 aromatic carbocycles. The Morgan fingerprint density at radius 2 is 2.10 bits per heavy atom. The summed E-state index contributed by atoms with van der Waals surface area (Å²) in [4.78, 5) is 4.70. The molecule has 0 aliphatic carbocycles. The third-order valence-corrected chi connectivity index (χ3v) is 4.37. The van der Waals surface area contributed by atoms with E-state index < -0.39 is 0 Å². The van der Waals surface area contributed by atoms with E-state index in [1.54, 1.807) is 23.5 Å². The molecule has 1 atom stereocenters. The Morgan fingerprint density at radius 1 is 1.33 bits per heavy atom. The van der Waals surface area contributed by atoms with E-state index in [4.69, 9.17) is 4.98 Å². The first-order chi connectivity index (χ1) is 10.0. The molecule has 0 saturated heterocycles. The van der Waals surface area contributed by atoms with E-state index in [1.165, 1.54) is 0 Å². The van der Waals surface area contributed by atoms with Crippen molar-refractivity contribution in [1.82, 2.24) is 10.3 Å². The summed E-state index contributed by atoms with van der Waals surface area (Å²) in [7, 11) is 0. The standard InChI is InChI=1S/C17H23FN2S/c1-5-8-19-16(13-9-12(4)6-7-14(13)18)17-20-15(10-21-17)11(2)3/h6-7,9-11,16,19H,5,8H2,1-4H3. The van der Waals surface area contributed by atoms with Crippen molar-refractivity contribution in [3.63, 3.8) is 0 Å². The second-order valence-corrected chi connectivity index (χ2v) is 6.57. The van der Waals surface area contributed by atoms with E-state index in [-0.39, 0.29) is 11.9 Å². The molecular weight excluding hydrogens is 283 g/mol. The fourth-order valence-corrected chi connectivity index (χ4v) is 3.27. The van der Waals surface area contributed by atoms with Crippen molar-refractivity contribution >= 4 is 11.3 Å². The number of rotatable bonds is 6. The van der Waals surface area contributed by atoms with Crippen molar-refractivity contribution in [1.29, 1.82) is 0 Å². The van der Waals surface area contributed by atoms with Crippen LogP contribution in [0.5, 0.6) is 0 Å². The van der Waals surface area contributed by atoms with Crippen molar-refractivity contribution in [2.24, 2.45) is 0 Å². The first kappa shape index (κ1) is 16.1. The first-order valence-electron chi connectivity index (χ1n) is 7.47. The maximum absolute atomic E-state index is 14.2. The Kier molecular flexibility index (Phi) is 5.48. The van der Waals surface area contributed by atoms with Gasteiger partial charge in [0.15, 0.2) is 0 Å². The van der Waals surface area contributed by atoms with Crippen molar-refractivity contribution < 1.29 is 4.39 Å². The topological polar surface area (TPSA) is 24.9 Å². The number of nitrogens with one attached hydrogen (secondary N) is 1. The largest absolute Gasteiger partial charge is 0.304 e. The minimum absolute atomic E-state index is 0.164. The van der Waals surface area contributed by atoms with Crippen molar-refractivity contribution in [3.05, 3.63) is 51.2 Å². The number of aromatic nitrogens is 1. The highest BCUT2D eigenvalue weighted by molar-refractivity contribution is 7.09. The number of hydrogen-bond donors (Lipinski definition) is 1. The van der Waals surface area contributed by atoms with Crippen molar-refractivity contribution in [2.45, 2.75) is 46.1 Å². The van der Waals surface area contributed by atoms with Crippen LogP contribution in [0.4, 0.5) is 4.39 Å². The molecule has 2 rings (SSSR count). The van der Waals surface area contributed by atoms with Crippen molar-refractivity contribution in [3.8, 4) is 0 Å². The number of benzene rings is 1. The van der Waals surface area contributed by atoms with Crippen LogP contribution in [0.25, 0.3) is 0 Å². The molecule has 1 heterocycles. The Bertz CT molecular complexity index is 592. The average Bonchev–Trinajstić information content (AvgIpc) is 2.93. The number of nitrogens with zero attached hydrogens (tertiary/aromatic N) is 1. The highest BCUT2D eigenvalue weighted by Crippen LogP contribution is 2.29. The molecule has 0 radical (unpaired) electrons. The van der Waals surface area contributed by atoms with Gasteiger partial charge in [-0.05, 0) is 31.9 Å². The van der Waals surface area contributed by atoms with Gasteiger partial charge in [-0.1, -0.05) is 38.5 Å². The van der Waals surface area contributed by atoms with Gasteiger partial charge in [-0.25, -0.2) is 9.37 Å². The maximum Gasteiger partial charge on any atom is 0.128 e. The van der Waals surface area contributed by atoms with E-state index in [0.29, 0.717) is 11.5 Å². The van der Waals surface area contributed by atoms with Crippen LogP contribution in [-0.2, 0) is 0 Å². The summed E-state index contributed by atoms with van der Waals surface area (Å²) >= 11 is 1.61. The fourth-order valence-electron chi connectivity index (χ4n) is 2.20. The molecule has 0 aliphatic heterocycles. The van der Waals surface area contributed by atoms with E-state index >= 15 is 0 Å². The molecule has 0 spiro atoms. The molecule has 0 bridgehead atoms. The van der Waals surface area contributed by atoms with Crippen LogP contribution < -0.4 is 5.32 Å². The number of halogens is 1. The summed E-state index contributed by atoms with van der Waals surface area (Å²) in [6, 6.07) is 5.10. The normalized spacial score (nSPS) is 12.9. The fraction of sp³-hybridized carbons (Fsp3) is 0.471. The van der Waals surface area contributed by atoms with Gasteiger partial charge in [0.1, 0.15) is 10.8 Å². The molecule has 21 heavy (non-hydrogen) atoms. The molecule has 0 aliphatic rings. The second kappa shape index (κ2) is 7.14. The van der Waals surface area contributed by atoms with Crippen LogP contribution in [-0.4, -0.2) is 11.5 Å². The SMILES string of the molecule is CCCNC(c1nc(C(C)C)cs1)c1cc(C)ccc1F. The molecule has 1 unspecified atom stereocenters. The molecule has 0 saturated carbocycles. The minimum atomic E-state index is -0.171. The smallest absolute Gasteiger partial charge is 0.128 e. The van der Waals surface area contributed by atoms with Crippen molar-refractivity contribution in [2.75, 3.05) is 6.54 Å². The molecule has 2 aromatic rings. The summed E-state index contributed by atoms with van der Waals surface area (Å²) in [6.45, 7) is 9.19. The summed E-state index contributed by atoms with van der Waals surface area (Å²) in [6.07, 6.45) is 1.01. The number of aryl methyl sites for hydroxylation is 1. The Hall–Kier alpha value is -1.26. The number of thiazole rings is 1. The van der Waals surface area contributed by atoms with Gasteiger partial charge in [0, 0.05) is 10.9 Å². The summed E-state index contributed by atoms with van der Waals surface area (Å²) in [5, 5.41) is 6.45. The average molecular weight is 306 g/mol. The van der Waals surface area contributed by atoms with Gasteiger partial charge in [0.2, 0.25) is 0 Å². The Balaban J connectivity index is 2.39. The lowest BCUT2D eigenvalue weighted by atomic mass is 10.0. The summed E-state index contributed by atoms with van der Waals surface area (Å²) < 4.78 is 14.2. The Morgan fingerprint density at radius 3 is 2.71 bits per heavy atom. The molecule has 0 fully saturated rings. The quantitative estimate of drug-likeness (QED) is 0.829. The zero-order valence-corrected chi connectivity index (χ0v) is 13.9. The van der Waals surface area contributed by atoms with Gasteiger partial charge in [-0.2, -0.15) is 0 Å². The molecule has 1 aromatic heterocycles. The van der Waals surface area contributed by atoms with E-state index in [9.17, 15) is 4.39 Å². The third kappa shape index (κ3) is 3.89. The minimum Gasteiger partial charge on any atom is -0.304 e. The molecular formula is C17H23FN2S. The van der Waals surface area contributed by atoms with Crippen LogP contribution >= 0.6 is 11.3 Å². The van der Waals surface area contributed by atoms with Crippen LogP contribution in [0, 0.1) is 12.7 Å². The molecule has 4 heteroatoms. The van der Waals surface area contributed by atoms with E-state index in [1.807, 2.05) is 13.0 Å². The summed E-state index contributed by atoms with van der Waals surface area (Å²) in [5.74, 6) is 0.222. The van der Waals surface area contributed by atoms with Gasteiger partial charge in [0.05, 0.1) is 11.7 Å². The third-order valence-electron chi connectivity index (χ3n) is 3.44. The lowest BCUT2D eigenvalue weighted by molar-refractivity contribution is 0.543. The van der Waals surface area contributed by atoms with Gasteiger partial charge in [-0.15, -0.1) is 11.3 Å². The zero-order chi connectivity index (χ0) is 15.4. The van der Waals surface area contributed by atoms with Gasteiger partial charge in [-0.3, -0.25) is 0 Å². The number of hydrogen-bond acceptors (Lipinski definition) is 3. The summed E-state index contributed by atoms with van der Waals surface area (Å²) in [5.41, 5.74) is 2.83. The van der Waals surface area contributed by atoms with Gasteiger partial charge >= 0.3 is 0 Å². The van der Waals surface area contributed by atoms with E-state index in [2.05, 4.69) is 31.5 Å². The maximum atomic E-state index is 14.2. The van der Waals surface area contributed by atoms with Crippen LogP contribution in [0.2, 0.25) is 0 Å². The van der Waals surface area contributed by atoms with Gasteiger partial charge in [0.25, 0.3) is 0 Å². The first-order valence-corrected chi connectivity index (χ1v) is 8.35. The second-order valence-electron chi connectivity index (χ2n) is 5.68. The lowest BCUT2D eigenvalue weighted by Crippen LogP contribution is -2.24. The van der Waals surface area contributed by atoms with Crippen LogP contribution in [0.1, 0.15) is 61.0 Å². The highest BCUT2D eigenvalue weighted by atomic mass is 32.1. The molecule has 0 amide bonds. The molecule has 114 valence electrons. The van der Waals surface area contributed by atoms with E-state index in [0.717, 1.165) is 29.2 Å². The molecule has 1 N–H and O–H groups in total.